The first-order chi connectivity index (χ1) is 15.2. The molecule has 2 aromatic heterocycles. The minimum atomic E-state index is 0.369. The summed E-state index contributed by atoms with van der Waals surface area (Å²) in [5.41, 5.74) is 0.909. The fourth-order valence-corrected chi connectivity index (χ4v) is 3.76. The third-order valence-corrected chi connectivity index (χ3v) is 5.60. The highest BCUT2D eigenvalue weighted by Gasteiger charge is 2.16. The van der Waals surface area contributed by atoms with Crippen molar-refractivity contribution in [1.82, 2.24) is 25.0 Å². The Morgan fingerprint density at radius 2 is 1.68 bits per heavy atom. The molecule has 0 spiro atoms. The van der Waals surface area contributed by atoms with Crippen LogP contribution < -0.4 is 4.74 Å². The average Bonchev–Trinajstić information content (AvgIpc) is 3.43. The van der Waals surface area contributed by atoms with Gasteiger partial charge in [-0.3, -0.25) is 0 Å². The lowest BCUT2D eigenvalue weighted by Gasteiger charge is -2.12. The Bertz CT molecular complexity index is 1080. The molecule has 2 aromatic carbocycles. The normalized spacial score (nSPS) is 11.2. The zero-order chi connectivity index (χ0) is 21.5. The van der Waals surface area contributed by atoms with Crippen molar-refractivity contribution < 1.29 is 9.15 Å². The quantitative estimate of drug-likeness (QED) is 0.315. The SMILES string of the molecule is CC(C)CCn1c(COc2ccccc2)nnc1SCc1nnc(-c2ccccc2)o1. The highest BCUT2D eigenvalue weighted by atomic mass is 32.2. The molecule has 0 aliphatic carbocycles. The predicted octanol–water partition coefficient (Wildman–Crippen LogP) is 5.25. The van der Waals surface area contributed by atoms with E-state index in [1.807, 2.05) is 60.7 Å². The lowest BCUT2D eigenvalue weighted by molar-refractivity contribution is 0.285. The second-order valence-corrected chi connectivity index (χ2v) is 8.43. The number of nitrogens with zero attached hydrogens (tertiary/aromatic N) is 5. The summed E-state index contributed by atoms with van der Waals surface area (Å²) in [5, 5.41) is 17.9. The molecule has 0 fully saturated rings. The first-order valence-electron chi connectivity index (χ1n) is 10.3. The zero-order valence-electron chi connectivity index (χ0n) is 17.6. The molecular formula is C23H25N5O2S. The largest absolute Gasteiger partial charge is 0.486 e. The van der Waals surface area contributed by atoms with Gasteiger partial charge < -0.3 is 13.7 Å². The smallest absolute Gasteiger partial charge is 0.247 e. The van der Waals surface area contributed by atoms with Crippen molar-refractivity contribution in [2.45, 2.75) is 44.3 Å². The van der Waals surface area contributed by atoms with Gasteiger partial charge in [-0.15, -0.1) is 20.4 Å². The molecule has 0 aliphatic rings. The van der Waals surface area contributed by atoms with Crippen LogP contribution in [0.5, 0.6) is 5.75 Å². The topological polar surface area (TPSA) is 78.9 Å². The molecule has 2 heterocycles. The summed E-state index contributed by atoms with van der Waals surface area (Å²) in [4.78, 5) is 0. The summed E-state index contributed by atoms with van der Waals surface area (Å²) in [5.74, 6) is 3.81. The second kappa shape index (κ2) is 10.3. The number of rotatable bonds is 10. The van der Waals surface area contributed by atoms with Crippen LogP contribution in [0, 0.1) is 5.92 Å². The van der Waals surface area contributed by atoms with Crippen LogP contribution in [0.1, 0.15) is 32.0 Å². The Kier molecular flexibility index (Phi) is 6.99. The molecule has 8 heteroatoms. The van der Waals surface area contributed by atoms with E-state index < -0.39 is 0 Å². The third kappa shape index (κ3) is 5.73. The first kappa shape index (κ1) is 21.1. The summed E-state index contributed by atoms with van der Waals surface area (Å²) in [6.45, 7) is 5.62. The van der Waals surface area contributed by atoms with Gasteiger partial charge in [-0.05, 0) is 36.6 Å². The molecule has 0 aliphatic heterocycles. The van der Waals surface area contributed by atoms with E-state index in [2.05, 4.69) is 38.8 Å². The Balaban J connectivity index is 1.44. The van der Waals surface area contributed by atoms with Gasteiger partial charge in [0.2, 0.25) is 11.8 Å². The second-order valence-electron chi connectivity index (χ2n) is 7.49. The minimum Gasteiger partial charge on any atom is -0.486 e. The first-order valence-corrected chi connectivity index (χ1v) is 11.3. The van der Waals surface area contributed by atoms with Gasteiger partial charge >= 0.3 is 0 Å². The monoisotopic (exact) mass is 435 g/mol. The van der Waals surface area contributed by atoms with Crippen molar-refractivity contribution in [2.24, 2.45) is 5.92 Å². The summed E-state index contributed by atoms with van der Waals surface area (Å²) in [7, 11) is 0. The Morgan fingerprint density at radius 3 is 2.42 bits per heavy atom. The van der Waals surface area contributed by atoms with Crippen LogP contribution in [-0.4, -0.2) is 25.0 Å². The van der Waals surface area contributed by atoms with Crippen molar-refractivity contribution in [2.75, 3.05) is 0 Å². The van der Waals surface area contributed by atoms with Gasteiger partial charge in [0, 0.05) is 12.1 Å². The van der Waals surface area contributed by atoms with Crippen LogP contribution in [-0.2, 0) is 18.9 Å². The molecule has 0 unspecified atom stereocenters. The third-order valence-electron chi connectivity index (χ3n) is 4.65. The Morgan fingerprint density at radius 1 is 0.935 bits per heavy atom. The molecule has 0 N–H and O–H groups in total. The fourth-order valence-electron chi connectivity index (χ4n) is 2.94. The molecule has 4 aromatic rings. The van der Waals surface area contributed by atoms with Gasteiger partial charge in [0.25, 0.3) is 0 Å². The summed E-state index contributed by atoms with van der Waals surface area (Å²) in [6, 6.07) is 19.5. The lowest BCUT2D eigenvalue weighted by atomic mass is 10.1. The Hall–Kier alpha value is -3.13. The fraction of sp³-hybridized carbons (Fsp3) is 0.304. The van der Waals surface area contributed by atoms with Gasteiger partial charge in [0.05, 0.1) is 5.75 Å². The van der Waals surface area contributed by atoms with E-state index in [0.29, 0.717) is 30.1 Å². The number of hydrogen-bond acceptors (Lipinski definition) is 7. The number of aromatic nitrogens is 5. The van der Waals surface area contributed by atoms with Crippen LogP contribution in [0.2, 0.25) is 0 Å². The molecular weight excluding hydrogens is 410 g/mol. The maximum absolute atomic E-state index is 5.89. The zero-order valence-corrected chi connectivity index (χ0v) is 18.5. The average molecular weight is 436 g/mol. The maximum atomic E-state index is 5.89. The van der Waals surface area contributed by atoms with Gasteiger partial charge in [-0.2, -0.15) is 0 Å². The number of benzene rings is 2. The molecule has 4 rings (SSSR count). The summed E-state index contributed by atoms with van der Waals surface area (Å²) in [6.07, 6.45) is 1.03. The van der Waals surface area contributed by atoms with Gasteiger partial charge in [-0.1, -0.05) is 62.0 Å². The molecule has 0 saturated carbocycles. The van der Waals surface area contributed by atoms with E-state index in [9.17, 15) is 0 Å². The van der Waals surface area contributed by atoms with Gasteiger partial charge in [-0.25, -0.2) is 0 Å². The molecule has 0 radical (unpaired) electrons. The number of ether oxygens (including phenoxy) is 1. The molecule has 0 amide bonds. The van der Waals surface area contributed by atoms with Crippen LogP contribution in [0.25, 0.3) is 11.5 Å². The molecule has 0 atom stereocenters. The highest BCUT2D eigenvalue weighted by molar-refractivity contribution is 7.98. The van der Waals surface area contributed by atoms with Crippen LogP contribution in [0.4, 0.5) is 0 Å². The van der Waals surface area contributed by atoms with E-state index in [1.165, 1.54) is 0 Å². The number of thioether (sulfide) groups is 1. The molecule has 0 saturated heterocycles. The molecule has 160 valence electrons. The van der Waals surface area contributed by atoms with E-state index in [-0.39, 0.29) is 0 Å². The van der Waals surface area contributed by atoms with Crippen LogP contribution in [0.15, 0.2) is 70.2 Å². The van der Waals surface area contributed by atoms with Gasteiger partial charge in [0.1, 0.15) is 12.4 Å². The summed E-state index contributed by atoms with van der Waals surface area (Å²) < 4.78 is 13.8. The van der Waals surface area contributed by atoms with Crippen molar-refractivity contribution in [3.05, 3.63) is 72.4 Å². The van der Waals surface area contributed by atoms with Crippen molar-refractivity contribution in [3.8, 4) is 17.2 Å². The molecule has 0 bridgehead atoms. The van der Waals surface area contributed by atoms with E-state index in [4.69, 9.17) is 9.15 Å². The Labute approximate surface area is 185 Å². The van der Waals surface area contributed by atoms with Crippen molar-refractivity contribution >= 4 is 11.8 Å². The number of hydrogen-bond donors (Lipinski definition) is 0. The lowest BCUT2D eigenvalue weighted by Crippen LogP contribution is -2.10. The van der Waals surface area contributed by atoms with E-state index >= 15 is 0 Å². The highest BCUT2D eigenvalue weighted by Crippen LogP contribution is 2.25. The van der Waals surface area contributed by atoms with Gasteiger partial charge in [0.15, 0.2) is 11.0 Å². The maximum Gasteiger partial charge on any atom is 0.247 e. The summed E-state index contributed by atoms with van der Waals surface area (Å²) >= 11 is 1.54. The van der Waals surface area contributed by atoms with E-state index in [1.54, 1.807) is 11.8 Å². The van der Waals surface area contributed by atoms with Crippen molar-refractivity contribution in [1.29, 1.82) is 0 Å². The predicted molar refractivity (Wildman–Crippen MR) is 120 cm³/mol. The number of para-hydroxylation sites is 1. The van der Waals surface area contributed by atoms with Crippen LogP contribution >= 0.6 is 11.8 Å². The standard InChI is InChI=1S/C23H25N5O2S/c1-17(2)13-14-28-20(15-29-19-11-7-4-8-12-19)24-27-23(28)31-16-21-25-26-22(30-21)18-9-5-3-6-10-18/h3-12,17H,13-16H2,1-2H3. The van der Waals surface area contributed by atoms with Crippen molar-refractivity contribution in [3.63, 3.8) is 0 Å². The minimum absolute atomic E-state index is 0.369. The van der Waals surface area contributed by atoms with E-state index in [0.717, 1.165) is 35.3 Å². The molecule has 31 heavy (non-hydrogen) atoms. The molecule has 7 nitrogen and oxygen atoms in total. The van der Waals surface area contributed by atoms with Crippen LogP contribution in [0.3, 0.4) is 0 Å².